The Morgan fingerprint density at radius 1 is 1.19 bits per heavy atom. The molecule has 9 nitrogen and oxygen atoms in total. The first-order valence-electron chi connectivity index (χ1n) is 12.5. The number of para-hydroxylation sites is 2. The van der Waals surface area contributed by atoms with Crippen molar-refractivity contribution in [1.29, 1.82) is 0 Å². The van der Waals surface area contributed by atoms with Crippen LogP contribution < -0.4 is 14.8 Å². The zero-order valence-corrected chi connectivity index (χ0v) is 21.2. The number of anilines is 1. The molecule has 0 saturated heterocycles. The first kappa shape index (κ1) is 25.6. The lowest BCUT2D eigenvalue weighted by Gasteiger charge is -2.27. The fourth-order valence-electron chi connectivity index (χ4n) is 4.79. The molecule has 1 aromatic carbocycles. The molecule has 36 heavy (non-hydrogen) atoms. The Hall–Kier alpha value is -3.46. The highest BCUT2D eigenvalue weighted by molar-refractivity contribution is 5.93. The number of nitrogens with zero attached hydrogens (tertiary/aromatic N) is 3. The molecule has 0 spiro atoms. The van der Waals surface area contributed by atoms with Crippen molar-refractivity contribution in [1.82, 2.24) is 14.3 Å². The topological polar surface area (TPSA) is 111 Å². The fourth-order valence-corrected chi connectivity index (χ4v) is 4.79. The molecule has 2 aromatic heterocycles. The monoisotopic (exact) mass is 496 g/mol. The molecule has 1 saturated carbocycles. The smallest absolute Gasteiger partial charge is 0.248 e. The van der Waals surface area contributed by atoms with Gasteiger partial charge in [-0.3, -0.25) is 9.48 Å². The van der Waals surface area contributed by atoms with Gasteiger partial charge in [-0.05, 0) is 38.3 Å². The van der Waals surface area contributed by atoms with Gasteiger partial charge in [-0.25, -0.2) is 0 Å². The average molecular weight is 497 g/mol. The molecule has 0 radical (unpaired) electrons. The van der Waals surface area contributed by atoms with E-state index in [1.54, 1.807) is 60.8 Å². The number of benzene rings is 1. The fraction of sp³-hybridized carbons (Fsp3) is 0.481. The number of methoxy groups -OCH3 is 1. The molecule has 0 unspecified atom stereocenters. The first-order chi connectivity index (χ1) is 17.2. The third-order valence-electron chi connectivity index (χ3n) is 6.46. The molecule has 0 aliphatic heterocycles. The van der Waals surface area contributed by atoms with Gasteiger partial charge in [-0.1, -0.05) is 44.2 Å². The van der Waals surface area contributed by atoms with Crippen LogP contribution in [0.4, 0.5) is 5.82 Å². The van der Waals surface area contributed by atoms with Crippen molar-refractivity contribution in [2.75, 3.05) is 12.4 Å². The van der Waals surface area contributed by atoms with Crippen molar-refractivity contribution < 1.29 is 24.5 Å². The van der Waals surface area contributed by atoms with Crippen molar-refractivity contribution in [3.63, 3.8) is 0 Å². The summed E-state index contributed by atoms with van der Waals surface area (Å²) in [4.78, 5) is 13.5. The molecule has 0 bridgehead atoms. The van der Waals surface area contributed by atoms with E-state index in [1.165, 1.54) is 12.5 Å². The molecule has 4 rings (SSSR count). The van der Waals surface area contributed by atoms with E-state index in [0.29, 0.717) is 41.9 Å². The molecule has 1 aliphatic carbocycles. The molecule has 2 heterocycles. The van der Waals surface area contributed by atoms with Gasteiger partial charge >= 0.3 is 0 Å². The van der Waals surface area contributed by atoms with Crippen molar-refractivity contribution in [3.8, 4) is 23.1 Å². The maximum absolute atomic E-state index is 13.5. The number of amides is 1. The summed E-state index contributed by atoms with van der Waals surface area (Å²) in [5.74, 6) is 1.98. The summed E-state index contributed by atoms with van der Waals surface area (Å²) in [6.45, 7) is 3.70. The summed E-state index contributed by atoms with van der Waals surface area (Å²) in [5, 5.41) is 28.1. The largest absolute Gasteiger partial charge is 0.494 e. The maximum Gasteiger partial charge on any atom is 0.248 e. The van der Waals surface area contributed by atoms with Crippen LogP contribution in [0.2, 0.25) is 0 Å². The van der Waals surface area contributed by atoms with Gasteiger partial charge in [0, 0.05) is 18.3 Å². The predicted octanol–water partition coefficient (Wildman–Crippen LogP) is 5.11. The van der Waals surface area contributed by atoms with Gasteiger partial charge in [0.05, 0.1) is 25.5 Å². The molecule has 1 fully saturated rings. The van der Waals surface area contributed by atoms with Crippen LogP contribution in [0.15, 0.2) is 48.8 Å². The number of aliphatic hydroxyl groups is 1. The number of carbonyl (C=O) groups excluding carboxylic acids is 1. The van der Waals surface area contributed by atoms with Crippen molar-refractivity contribution >= 4 is 11.7 Å². The van der Waals surface area contributed by atoms with Gasteiger partial charge in [0.15, 0.2) is 23.2 Å². The Kier molecular flexibility index (Phi) is 7.88. The van der Waals surface area contributed by atoms with E-state index in [0.717, 1.165) is 25.7 Å². The Bertz CT molecular complexity index is 1160. The minimum absolute atomic E-state index is 0.0524. The summed E-state index contributed by atoms with van der Waals surface area (Å²) in [6, 6.07) is 9.83. The third kappa shape index (κ3) is 6.60. The second-order valence-corrected chi connectivity index (χ2v) is 10.1. The minimum atomic E-state index is -0.925. The highest BCUT2D eigenvalue weighted by Gasteiger charge is 2.29. The Labute approximate surface area is 211 Å². The second kappa shape index (κ2) is 11.1. The molecule has 3 N–H and O–H groups in total. The normalized spacial score (nSPS) is 15.4. The van der Waals surface area contributed by atoms with E-state index < -0.39 is 11.6 Å². The van der Waals surface area contributed by atoms with Crippen molar-refractivity contribution in [3.05, 3.63) is 48.8 Å². The van der Waals surface area contributed by atoms with E-state index in [-0.39, 0.29) is 11.8 Å². The predicted molar refractivity (Wildman–Crippen MR) is 137 cm³/mol. The summed E-state index contributed by atoms with van der Waals surface area (Å²) in [5.41, 5.74) is -0.925. The van der Waals surface area contributed by atoms with Gasteiger partial charge in [0.1, 0.15) is 11.8 Å². The highest BCUT2D eigenvalue weighted by Crippen LogP contribution is 2.37. The van der Waals surface area contributed by atoms with E-state index in [1.807, 2.05) is 12.1 Å². The van der Waals surface area contributed by atoms with Crippen LogP contribution >= 0.6 is 0 Å². The number of aromatic hydroxyl groups is 1. The molecule has 1 amide bonds. The Morgan fingerprint density at radius 3 is 2.61 bits per heavy atom. The standard InChI is InChI=1S/C27H36N4O5/c1-27(2,34)18-30-14-13-24(29-30)28-26(33)21(15-19-9-5-4-6-10-19)31-17-20(16-25(31)32)36-23-12-8-7-11-22(23)35-3/h7-8,11-14,16-17,19,21,32,34H,4-6,9-10,15,18H2,1-3H3,(H,28,29,33)/t21-/m0/s1. The number of ether oxygens (including phenoxy) is 2. The van der Waals surface area contributed by atoms with Gasteiger partial charge < -0.3 is 29.6 Å². The first-order valence-corrected chi connectivity index (χ1v) is 12.5. The van der Waals surface area contributed by atoms with E-state index >= 15 is 0 Å². The number of nitrogens with one attached hydrogen (secondary N) is 1. The molecule has 1 aliphatic rings. The Balaban J connectivity index is 1.56. The van der Waals surface area contributed by atoms with Crippen LogP contribution in [0.3, 0.4) is 0 Å². The number of hydrogen-bond acceptors (Lipinski definition) is 6. The quantitative estimate of drug-likeness (QED) is 0.360. The summed E-state index contributed by atoms with van der Waals surface area (Å²) < 4.78 is 14.5. The molecular weight excluding hydrogens is 460 g/mol. The lowest BCUT2D eigenvalue weighted by molar-refractivity contribution is -0.120. The highest BCUT2D eigenvalue weighted by atomic mass is 16.5. The van der Waals surface area contributed by atoms with Gasteiger partial charge in [0.2, 0.25) is 5.91 Å². The van der Waals surface area contributed by atoms with Gasteiger partial charge in [-0.2, -0.15) is 5.10 Å². The van der Waals surface area contributed by atoms with Crippen LogP contribution in [-0.4, -0.2) is 43.2 Å². The molecule has 9 heteroatoms. The summed E-state index contributed by atoms with van der Waals surface area (Å²) >= 11 is 0. The number of aromatic nitrogens is 3. The third-order valence-corrected chi connectivity index (χ3v) is 6.46. The van der Waals surface area contributed by atoms with Crippen LogP contribution in [0, 0.1) is 5.92 Å². The summed E-state index contributed by atoms with van der Waals surface area (Å²) in [6.07, 6.45) is 9.63. The van der Waals surface area contributed by atoms with Crippen LogP contribution in [0.5, 0.6) is 23.1 Å². The van der Waals surface area contributed by atoms with Crippen molar-refractivity contribution in [2.24, 2.45) is 5.92 Å². The van der Waals surface area contributed by atoms with Crippen LogP contribution in [-0.2, 0) is 11.3 Å². The van der Waals surface area contributed by atoms with E-state index in [9.17, 15) is 15.0 Å². The maximum atomic E-state index is 13.5. The minimum Gasteiger partial charge on any atom is -0.494 e. The molecule has 1 atom stereocenters. The molecular formula is C27H36N4O5. The van der Waals surface area contributed by atoms with Gasteiger partial charge in [-0.15, -0.1) is 0 Å². The van der Waals surface area contributed by atoms with Crippen LogP contribution in [0.25, 0.3) is 0 Å². The van der Waals surface area contributed by atoms with Gasteiger partial charge in [0.25, 0.3) is 0 Å². The summed E-state index contributed by atoms with van der Waals surface area (Å²) in [7, 11) is 1.57. The number of carbonyl (C=O) groups is 1. The Morgan fingerprint density at radius 2 is 1.92 bits per heavy atom. The SMILES string of the molecule is COc1ccccc1Oc1cc(O)n([C@@H](CC2CCCCC2)C(=O)Nc2ccn(CC(C)(C)O)n2)c1. The lowest BCUT2D eigenvalue weighted by atomic mass is 9.84. The van der Waals surface area contributed by atoms with E-state index in [2.05, 4.69) is 10.4 Å². The second-order valence-electron chi connectivity index (χ2n) is 10.1. The lowest BCUT2D eigenvalue weighted by Crippen LogP contribution is -2.29. The molecule has 194 valence electrons. The average Bonchev–Trinajstić information content (AvgIpc) is 3.42. The van der Waals surface area contributed by atoms with Crippen LogP contribution in [0.1, 0.15) is 58.4 Å². The number of rotatable bonds is 10. The number of hydrogen-bond donors (Lipinski definition) is 3. The molecule has 3 aromatic rings. The van der Waals surface area contributed by atoms with Crippen molar-refractivity contribution in [2.45, 2.75) is 70.6 Å². The zero-order valence-electron chi connectivity index (χ0n) is 21.2. The van der Waals surface area contributed by atoms with E-state index in [4.69, 9.17) is 9.47 Å². The zero-order chi connectivity index (χ0) is 25.7.